The molecule has 0 atom stereocenters. The van der Waals surface area contributed by atoms with Crippen LogP contribution in [0.1, 0.15) is 30.9 Å². The summed E-state index contributed by atoms with van der Waals surface area (Å²) in [4.78, 5) is 22.9. The minimum Gasteiger partial charge on any atom is -0.493 e. The lowest BCUT2D eigenvalue weighted by molar-refractivity contribution is -0.384. The molecule has 1 amide bonds. The summed E-state index contributed by atoms with van der Waals surface area (Å²) < 4.78 is 8.83. The van der Waals surface area contributed by atoms with E-state index in [9.17, 15) is 20.0 Å². The summed E-state index contributed by atoms with van der Waals surface area (Å²) in [6.07, 6.45) is 0. The number of nitro groups is 1. The summed E-state index contributed by atoms with van der Waals surface area (Å²) in [5.74, 6) is -0.230. The molecule has 1 heterocycles. The number of nitro benzene ring substituents is 1. The highest BCUT2D eigenvalue weighted by Gasteiger charge is 2.20. The average Bonchev–Trinajstić information content (AvgIpc) is 2.98. The predicted molar refractivity (Wildman–Crippen MR) is 127 cm³/mol. The Hall–Kier alpha value is -2.79. The van der Waals surface area contributed by atoms with Gasteiger partial charge in [-0.1, -0.05) is 29.8 Å². The van der Waals surface area contributed by atoms with Gasteiger partial charge in [-0.2, -0.15) is 0 Å². The van der Waals surface area contributed by atoms with Gasteiger partial charge < -0.3 is 14.4 Å². The maximum atomic E-state index is 12.4. The number of aromatic nitrogens is 1. The fraction of sp³-hybridized carbons (Fsp3) is 0.286. The first kappa shape index (κ1) is 23.9. The Morgan fingerprint density at radius 2 is 2.00 bits per heavy atom. The molecule has 3 aromatic rings. The second-order valence-electron chi connectivity index (χ2n) is 7.44. The zero-order valence-corrected chi connectivity index (χ0v) is 20.9. The first-order valence-corrected chi connectivity index (χ1v) is 11.1. The van der Waals surface area contributed by atoms with Crippen LogP contribution >= 0.6 is 31.9 Å². The summed E-state index contributed by atoms with van der Waals surface area (Å²) in [6.45, 7) is 5.57. The largest absolute Gasteiger partial charge is 0.493 e. The van der Waals surface area contributed by atoms with E-state index in [4.69, 9.17) is 4.74 Å². The number of carbonyl (C=O) groups is 1. The van der Waals surface area contributed by atoms with Crippen LogP contribution in [0.15, 0.2) is 43.4 Å². The molecular formula is C21H20Br2N4O5. The summed E-state index contributed by atoms with van der Waals surface area (Å²) in [6, 6.07) is 6.05. The van der Waals surface area contributed by atoms with Crippen LogP contribution in [0.2, 0.25) is 0 Å². The van der Waals surface area contributed by atoms with Crippen molar-refractivity contribution >= 4 is 60.0 Å². The predicted octanol–water partition coefficient (Wildman–Crippen LogP) is 6.44. The number of aromatic hydroxyl groups is 1. The van der Waals surface area contributed by atoms with E-state index in [1.54, 1.807) is 7.05 Å². The van der Waals surface area contributed by atoms with Crippen molar-refractivity contribution in [2.24, 2.45) is 17.3 Å². The van der Waals surface area contributed by atoms with Crippen LogP contribution in [0.25, 0.3) is 10.9 Å². The molecule has 3 rings (SSSR count). The number of halogens is 2. The molecule has 0 aliphatic rings. The molecular weight excluding hydrogens is 548 g/mol. The smallest absolute Gasteiger partial charge is 0.302 e. The number of hydrogen-bond acceptors (Lipinski definition) is 6. The van der Waals surface area contributed by atoms with Gasteiger partial charge in [-0.25, -0.2) is 0 Å². The summed E-state index contributed by atoms with van der Waals surface area (Å²) >= 11 is 7.04. The summed E-state index contributed by atoms with van der Waals surface area (Å²) in [5.41, 5.74) is 2.18. The summed E-state index contributed by atoms with van der Waals surface area (Å²) in [5, 5.41) is 29.3. The number of fused-ring (bicyclic) bond motifs is 1. The fourth-order valence-corrected chi connectivity index (χ4v) is 4.44. The van der Waals surface area contributed by atoms with Crippen molar-refractivity contribution < 1.29 is 19.6 Å². The standard InChI is InChI=1S/C21H20Br2N4O5/c1-10(2)13-8-15(22)11(3)18(23)20(13)32-9-17(28)24-25-19-14-7-12(27(30)31)5-6-16(14)26(4)21(19)29/h5-8,10,29H,9H2,1-4H3. The van der Waals surface area contributed by atoms with E-state index >= 15 is 0 Å². The van der Waals surface area contributed by atoms with Gasteiger partial charge >= 0.3 is 5.91 Å². The maximum Gasteiger partial charge on any atom is 0.302 e. The highest BCUT2D eigenvalue weighted by Crippen LogP contribution is 2.41. The van der Waals surface area contributed by atoms with E-state index in [-0.39, 0.29) is 29.8 Å². The molecule has 2 aromatic carbocycles. The zero-order valence-electron chi connectivity index (χ0n) is 17.7. The first-order chi connectivity index (χ1) is 15.0. The SMILES string of the molecule is Cc1c(Br)cc(C(C)C)c(OCC(=O)N=Nc2c(O)n(C)c3ccc([N+](=O)[O-])cc23)c1Br. The number of nitrogens with zero attached hydrogens (tertiary/aromatic N) is 4. The third-order valence-corrected chi connectivity index (χ3v) is 6.77. The first-order valence-electron chi connectivity index (χ1n) is 9.54. The second kappa shape index (κ2) is 9.37. The van der Waals surface area contributed by atoms with Gasteiger partial charge in [-0.3, -0.25) is 14.9 Å². The molecule has 0 aliphatic carbocycles. The molecule has 0 aliphatic heterocycles. The van der Waals surface area contributed by atoms with E-state index in [2.05, 4.69) is 42.1 Å². The van der Waals surface area contributed by atoms with Crippen LogP contribution in [0.4, 0.5) is 11.4 Å². The Bertz CT molecular complexity index is 1270. The van der Waals surface area contributed by atoms with E-state index in [0.29, 0.717) is 16.7 Å². The van der Waals surface area contributed by atoms with Gasteiger partial charge in [0.15, 0.2) is 12.3 Å². The van der Waals surface area contributed by atoms with E-state index in [1.165, 1.54) is 22.8 Å². The Balaban J connectivity index is 1.87. The number of non-ortho nitro benzene ring substituents is 1. The number of benzene rings is 2. The van der Waals surface area contributed by atoms with Crippen molar-refractivity contribution in [3.63, 3.8) is 0 Å². The molecule has 168 valence electrons. The van der Waals surface area contributed by atoms with Crippen molar-refractivity contribution in [2.75, 3.05) is 6.61 Å². The molecule has 0 saturated heterocycles. The minimum atomic E-state index is -0.672. The minimum absolute atomic E-state index is 0.0249. The number of aryl methyl sites for hydroxylation is 1. The van der Waals surface area contributed by atoms with Crippen LogP contribution in [-0.2, 0) is 11.8 Å². The topological polar surface area (TPSA) is 119 Å². The number of hydrogen-bond donors (Lipinski definition) is 1. The van der Waals surface area contributed by atoms with Crippen molar-refractivity contribution in [2.45, 2.75) is 26.7 Å². The molecule has 0 bridgehead atoms. The lowest BCUT2D eigenvalue weighted by atomic mass is 10.0. The molecule has 0 fully saturated rings. The van der Waals surface area contributed by atoms with Gasteiger partial charge in [0.1, 0.15) is 5.75 Å². The maximum absolute atomic E-state index is 12.4. The van der Waals surface area contributed by atoms with Crippen molar-refractivity contribution in [3.05, 3.63) is 54.5 Å². The molecule has 0 spiro atoms. The molecule has 0 radical (unpaired) electrons. The van der Waals surface area contributed by atoms with Gasteiger partial charge in [0.2, 0.25) is 5.88 Å². The third-order valence-electron chi connectivity index (χ3n) is 4.99. The molecule has 32 heavy (non-hydrogen) atoms. The van der Waals surface area contributed by atoms with Crippen molar-refractivity contribution in [1.82, 2.24) is 4.57 Å². The second-order valence-corrected chi connectivity index (χ2v) is 9.09. The fourth-order valence-electron chi connectivity index (χ4n) is 3.17. The monoisotopic (exact) mass is 566 g/mol. The Morgan fingerprint density at radius 3 is 2.62 bits per heavy atom. The molecule has 1 aromatic heterocycles. The number of ether oxygens (including phenoxy) is 1. The van der Waals surface area contributed by atoms with Gasteiger partial charge in [-0.05, 0) is 52.0 Å². The normalized spacial score (nSPS) is 11.6. The quantitative estimate of drug-likeness (QED) is 0.209. The van der Waals surface area contributed by atoms with Gasteiger partial charge in [0.25, 0.3) is 5.69 Å². The highest BCUT2D eigenvalue weighted by atomic mass is 79.9. The zero-order chi connectivity index (χ0) is 23.7. The average molecular weight is 568 g/mol. The van der Waals surface area contributed by atoms with Crippen LogP contribution in [0.3, 0.4) is 0 Å². The van der Waals surface area contributed by atoms with E-state index < -0.39 is 10.8 Å². The Labute approximate surface area is 200 Å². The van der Waals surface area contributed by atoms with Gasteiger partial charge in [-0.15, -0.1) is 10.2 Å². The van der Waals surface area contributed by atoms with Crippen molar-refractivity contribution in [1.29, 1.82) is 0 Å². The van der Waals surface area contributed by atoms with Gasteiger partial charge in [0.05, 0.1) is 14.9 Å². The van der Waals surface area contributed by atoms with E-state index in [1.807, 2.05) is 26.8 Å². The van der Waals surface area contributed by atoms with Crippen LogP contribution in [-0.4, -0.2) is 27.1 Å². The molecule has 1 N–H and O–H groups in total. The van der Waals surface area contributed by atoms with E-state index in [0.717, 1.165) is 20.1 Å². The van der Waals surface area contributed by atoms with Crippen LogP contribution in [0.5, 0.6) is 11.6 Å². The molecule has 11 heteroatoms. The van der Waals surface area contributed by atoms with Gasteiger partial charge in [0, 0.05) is 29.0 Å². The van der Waals surface area contributed by atoms with Crippen LogP contribution in [0, 0.1) is 17.0 Å². The summed E-state index contributed by atoms with van der Waals surface area (Å²) in [7, 11) is 1.58. The van der Waals surface area contributed by atoms with Crippen molar-refractivity contribution in [3.8, 4) is 11.6 Å². The number of amides is 1. The molecule has 0 saturated carbocycles. The number of rotatable bonds is 6. The third kappa shape index (κ3) is 4.53. The number of carbonyl (C=O) groups excluding carboxylic acids is 1. The lowest BCUT2D eigenvalue weighted by Crippen LogP contribution is -2.10. The lowest BCUT2D eigenvalue weighted by Gasteiger charge is -2.17. The molecule has 9 nitrogen and oxygen atoms in total. The molecule has 0 unspecified atom stereocenters. The Morgan fingerprint density at radius 1 is 1.31 bits per heavy atom. The number of azo groups is 1. The van der Waals surface area contributed by atoms with Crippen LogP contribution < -0.4 is 4.74 Å². The Kier molecular flexibility index (Phi) is 6.99. The highest BCUT2D eigenvalue weighted by molar-refractivity contribution is 9.11.